The number of hydrogen-bond acceptors (Lipinski definition) is 4. The molecule has 6 heteroatoms. The number of nitrogens with zero attached hydrogens (tertiary/aromatic N) is 2. The smallest absolute Gasteiger partial charge is 0.348 e. The summed E-state index contributed by atoms with van der Waals surface area (Å²) in [7, 11) is 0. The Labute approximate surface area is 123 Å². The number of hydrogen-bond donors (Lipinski definition) is 1. The van der Waals surface area contributed by atoms with Crippen LogP contribution in [0.5, 0.6) is 0 Å². The zero-order valence-corrected chi connectivity index (χ0v) is 12.8. The number of aromatic nitrogens is 2. The van der Waals surface area contributed by atoms with Gasteiger partial charge in [-0.25, -0.2) is 4.79 Å². The second-order valence-electron chi connectivity index (χ2n) is 5.93. The summed E-state index contributed by atoms with van der Waals surface area (Å²) in [6.45, 7) is 6.79. The van der Waals surface area contributed by atoms with Gasteiger partial charge in [-0.15, -0.1) is 0 Å². The fraction of sp³-hybridized carbons (Fsp3) is 0.667. The molecule has 0 aromatic carbocycles. The SMILES string of the molecule is Cc1nc(=O)n(CC2(C)CCCO2)c(C)c1CCC(=O)O. The molecule has 0 bridgehead atoms. The number of carbonyl (C=O) groups is 1. The standard InChI is InChI=1S/C15H22N2O4/c1-10-12(5-6-13(18)19)11(2)17(14(20)16-10)9-15(3)7-4-8-21-15/h4-9H2,1-3H3,(H,18,19). The lowest BCUT2D eigenvalue weighted by molar-refractivity contribution is -0.136. The maximum absolute atomic E-state index is 12.2. The van der Waals surface area contributed by atoms with Crippen molar-refractivity contribution in [3.63, 3.8) is 0 Å². The largest absolute Gasteiger partial charge is 0.481 e. The van der Waals surface area contributed by atoms with Gasteiger partial charge in [0.2, 0.25) is 0 Å². The number of rotatable bonds is 5. The van der Waals surface area contributed by atoms with E-state index in [-0.39, 0.29) is 17.7 Å². The van der Waals surface area contributed by atoms with Crippen molar-refractivity contribution in [2.24, 2.45) is 0 Å². The highest BCUT2D eigenvalue weighted by Gasteiger charge is 2.31. The Morgan fingerprint density at radius 2 is 2.19 bits per heavy atom. The average molecular weight is 294 g/mol. The second-order valence-corrected chi connectivity index (χ2v) is 5.93. The summed E-state index contributed by atoms with van der Waals surface area (Å²) >= 11 is 0. The van der Waals surface area contributed by atoms with Crippen molar-refractivity contribution in [3.05, 3.63) is 27.4 Å². The Hall–Kier alpha value is -1.69. The van der Waals surface area contributed by atoms with E-state index in [1.165, 1.54) is 0 Å². The molecule has 0 saturated carbocycles. The average Bonchev–Trinajstić information content (AvgIpc) is 2.81. The van der Waals surface area contributed by atoms with Gasteiger partial charge in [0.05, 0.1) is 12.1 Å². The summed E-state index contributed by atoms with van der Waals surface area (Å²) in [6, 6.07) is 0. The molecule has 1 atom stereocenters. The van der Waals surface area contributed by atoms with Crippen LogP contribution in [0.4, 0.5) is 0 Å². The number of aryl methyl sites for hydroxylation is 1. The van der Waals surface area contributed by atoms with E-state index in [0.29, 0.717) is 18.7 Å². The molecule has 1 aliphatic heterocycles. The van der Waals surface area contributed by atoms with Crippen LogP contribution in [0.1, 0.15) is 43.1 Å². The normalized spacial score (nSPS) is 21.7. The van der Waals surface area contributed by atoms with Crippen LogP contribution in [0.25, 0.3) is 0 Å². The summed E-state index contributed by atoms with van der Waals surface area (Å²) in [4.78, 5) is 27.0. The predicted molar refractivity (Wildman–Crippen MR) is 77.5 cm³/mol. The van der Waals surface area contributed by atoms with E-state index in [9.17, 15) is 9.59 Å². The zero-order valence-electron chi connectivity index (χ0n) is 12.8. The molecule has 21 heavy (non-hydrogen) atoms. The van der Waals surface area contributed by atoms with Crippen molar-refractivity contribution >= 4 is 5.97 Å². The summed E-state index contributed by atoms with van der Waals surface area (Å²) in [5.41, 5.74) is 1.63. The highest BCUT2D eigenvalue weighted by atomic mass is 16.5. The molecule has 1 aromatic heterocycles. The minimum Gasteiger partial charge on any atom is -0.481 e. The van der Waals surface area contributed by atoms with Crippen LogP contribution >= 0.6 is 0 Å². The molecule has 0 aliphatic carbocycles. The molecule has 1 saturated heterocycles. The summed E-state index contributed by atoms with van der Waals surface area (Å²) in [6.07, 6.45) is 2.33. The molecular weight excluding hydrogens is 272 g/mol. The molecule has 6 nitrogen and oxygen atoms in total. The van der Waals surface area contributed by atoms with Crippen LogP contribution in [0.3, 0.4) is 0 Å². The van der Waals surface area contributed by atoms with Crippen molar-refractivity contribution < 1.29 is 14.6 Å². The van der Waals surface area contributed by atoms with E-state index in [4.69, 9.17) is 9.84 Å². The Morgan fingerprint density at radius 3 is 2.76 bits per heavy atom. The third kappa shape index (κ3) is 3.50. The van der Waals surface area contributed by atoms with Crippen molar-refractivity contribution in [1.82, 2.24) is 9.55 Å². The Kier molecular flexibility index (Phi) is 4.46. The number of carboxylic acids is 1. The van der Waals surface area contributed by atoms with Crippen LogP contribution in [0.15, 0.2) is 4.79 Å². The first-order valence-electron chi connectivity index (χ1n) is 7.25. The van der Waals surface area contributed by atoms with Crippen molar-refractivity contribution in [2.75, 3.05) is 6.61 Å². The van der Waals surface area contributed by atoms with E-state index >= 15 is 0 Å². The van der Waals surface area contributed by atoms with Gasteiger partial charge in [-0.3, -0.25) is 9.36 Å². The molecule has 116 valence electrons. The fourth-order valence-corrected chi connectivity index (χ4v) is 2.92. The topological polar surface area (TPSA) is 81.4 Å². The van der Waals surface area contributed by atoms with E-state index in [1.54, 1.807) is 11.5 Å². The molecule has 2 rings (SSSR count). The minimum absolute atomic E-state index is 0.0370. The molecule has 1 N–H and O–H groups in total. The lowest BCUT2D eigenvalue weighted by atomic mass is 10.0. The van der Waals surface area contributed by atoms with Crippen LogP contribution in [0.2, 0.25) is 0 Å². The van der Waals surface area contributed by atoms with Crippen LogP contribution in [-0.4, -0.2) is 32.8 Å². The molecule has 1 aliphatic rings. The van der Waals surface area contributed by atoms with E-state index < -0.39 is 5.97 Å². The summed E-state index contributed by atoms with van der Waals surface area (Å²) in [5, 5.41) is 8.84. The number of ether oxygens (including phenoxy) is 1. The first kappa shape index (κ1) is 15.7. The predicted octanol–water partition coefficient (Wildman–Crippen LogP) is 1.45. The third-order valence-corrected chi connectivity index (χ3v) is 4.15. The molecule has 1 fully saturated rings. The van der Waals surface area contributed by atoms with Gasteiger partial charge in [-0.2, -0.15) is 4.98 Å². The van der Waals surface area contributed by atoms with Gasteiger partial charge in [0, 0.05) is 24.4 Å². The molecule has 1 unspecified atom stereocenters. The first-order valence-corrected chi connectivity index (χ1v) is 7.25. The minimum atomic E-state index is -0.849. The van der Waals surface area contributed by atoms with Gasteiger partial charge >= 0.3 is 11.7 Å². The van der Waals surface area contributed by atoms with Gasteiger partial charge in [0.1, 0.15) is 0 Å². The maximum Gasteiger partial charge on any atom is 0.348 e. The zero-order chi connectivity index (χ0) is 15.6. The highest BCUT2D eigenvalue weighted by molar-refractivity contribution is 5.67. The van der Waals surface area contributed by atoms with Gasteiger partial charge in [-0.1, -0.05) is 0 Å². The lowest BCUT2D eigenvalue weighted by Gasteiger charge is -2.26. The van der Waals surface area contributed by atoms with Gasteiger partial charge in [-0.05, 0) is 45.6 Å². The Balaban J connectivity index is 2.34. The molecule has 0 amide bonds. The van der Waals surface area contributed by atoms with Crippen LogP contribution in [0, 0.1) is 13.8 Å². The monoisotopic (exact) mass is 294 g/mol. The van der Waals surface area contributed by atoms with Gasteiger partial charge in [0.15, 0.2) is 0 Å². The Morgan fingerprint density at radius 1 is 1.48 bits per heavy atom. The Bertz CT molecular complexity index is 600. The number of aliphatic carboxylic acids is 1. The molecule has 1 aromatic rings. The molecule has 0 radical (unpaired) electrons. The molecule has 2 heterocycles. The first-order chi connectivity index (χ1) is 9.82. The number of carboxylic acid groups (broad SMARTS) is 1. The van der Waals surface area contributed by atoms with Crippen molar-refractivity contribution in [3.8, 4) is 0 Å². The maximum atomic E-state index is 12.2. The molecule has 0 spiro atoms. The summed E-state index contributed by atoms with van der Waals surface area (Å²) in [5.74, 6) is -0.849. The third-order valence-electron chi connectivity index (χ3n) is 4.15. The van der Waals surface area contributed by atoms with E-state index in [2.05, 4.69) is 4.98 Å². The van der Waals surface area contributed by atoms with E-state index in [0.717, 1.165) is 30.7 Å². The van der Waals surface area contributed by atoms with Crippen LogP contribution < -0.4 is 5.69 Å². The van der Waals surface area contributed by atoms with Crippen molar-refractivity contribution in [2.45, 2.75) is 58.6 Å². The van der Waals surface area contributed by atoms with Gasteiger partial charge in [0.25, 0.3) is 0 Å². The summed E-state index contributed by atoms with van der Waals surface area (Å²) < 4.78 is 7.36. The van der Waals surface area contributed by atoms with Gasteiger partial charge < -0.3 is 9.84 Å². The van der Waals surface area contributed by atoms with Crippen LogP contribution in [-0.2, 0) is 22.5 Å². The highest BCUT2D eigenvalue weighted by Crippen LogP contribution is 2.27. The lowest BCUT2D eigenvalue weighted by Crippen LogP contribution is -2.38. The quantitative estimate of drug-likeness (QED) is 0.888. The van der Waals surface area contributed by atoms with E-state index in [1.807, 2.05) is 13.8 Å². The molecular formula is C15H22N2O4. The fourth-order valence-electron chi connectivity index (χ4n) is 2.92. The van der Waals surface area contributed by atoms with Crippen molar-refractivity contribution in [1.29, 1.82) is 0 Å². The second kappa shape index (κ2) is 5.97.